The zero-order valence-corrected chi connectivity index (χ0v) is 13.2. The Balaban J connectivity index is 1.68. The lowest BCUT2D eigenvalue weighted by Gasteiger charge is -2.32. The summed E-state index contributed by atoms with van der Waals surface area (Å²) in [6.07, 6.45) is 0.985. The molecule has 0 aliphatic carbocycles. The number of rotatable bonds is 3. The molecule has 0 radical (unpaired) electrons. The van der Waals surface area contributed by atoms with E-state index in [0.717, 1.165) is 11.3 Å². The molecule has 5 heteroatoms. The minimum absolute atomic E-state index is 0.0189. The molecule has 2 heterocycles. The molecule has 1 aliphatic rings. The molecule has 1 aromatic heterocycles. The molecule has 0 unspecified atom stereocenters. The minimum Gasteiger partial charge on any atom is -0.355 e. The molecule has 2 aromatic rings. The van der Waals surface area contributed by atoms with Gasteiger partial charge < -0.3 is 10.6 Å². The number of benzene rings is 1. The summed E-state index contributed by atoms with van der Waals surface area (Å²) in [5.41, 5.74) is 2.56. The lowest BCUT2D eigenvalue weighted by atomic mass is 9.81. The van der Waals surface area contributed by atoms with Crippen LogP contribution in [0.5, 0.6) is 0 Å². The summed E-state index contributed by atoms with van der Waals surface area (Å²) in [5.74, 6) is -0.0267. The standard InChI is InChI=1S/C17H18N2O2S/c1-17(8-6-15(20)18-11-17)16(21)19-14-4-2-12(3-5-14)13-7-9-22-10-13/h2-5,7,9-10H,6,8,11H2,1H3,(H,18,20)(H,19,21)/t17-/m1/s1. The molecule has 22 heavy (non-hydrogen) atoms. The summed E-state index contributed by atoms with van der Waals surface area (Å²) in [6, 6.07) is 9.90. The Kier molecular flexibility index (Phi) is 3.98. The molecule has 1 saturated heterocycles. The van der Waals surface area contributed by atoms with Crippen molar-refractivity contribution in [1.29, 1.82) is 0 Å². The SMILES string of the molecule is C[C@@]1(C(=O)Nc2ccc(-c3ccsc3)cc2)CCC(=O)NC1. The van der Waals surface area contributed by atoms with Crippen LogP contribution in [0, 0.1) is 5.41 Å². The van der Waals surface area contributed by atoms with Crippen LogP contribution in [0.1, 0.15) is 19.8 Å². The third-order valence-corrected chi connectivity index (χ3v) is 4.81. The first-order chi connectivity index (χ1) is 10.6. The van der Waals surface area contributed by atoms with E-state index in [0.29, 0.717) is 19.4 Å². The summed E-state index contributed by atoms with van der Waals surface area (Å²) in [5, 5.41) is 9.86. The summed E-state index contributed by atoms with van der Waals surface area (Å²) >= 11 is 1.66. The first-order valence-electron chi connectivity index (χ1n) is 7.28. The molecule has 1 aromatic carbocycles. The summed E-state index contributed by atoms with van der Waals surface area (Å²) in [7, 11) is 0. The highest BCUT2D eigenvalue weighted by molar-refractivity contribution is 7.08. The first-order valence-corrected chi connectivity index (χ1v) is 8.22. The van der Waals surface area contributed by atoms with E-state index in [1.54, 1.807) is 11.3 Å². The van der Waals surface area contributed by atoms with Crippen LogP contribution in [0.25, 0.3) is 11.1 Å². The lowest BCUT2D eigenvalue weighted by molar-refractivity contribution is -0.130. The third kappa shape index (κ3) is 3.04. The van der Waals surface area contributed by atoms with Gasteiger partial charge in [-0.25, -0.2) is 0 Å². The summed E-state index contributed by atoms with van der Waals surface area (Å²) < 4.78 is 0. The van der Waals surface area contributed by atoms with E-state index in [1.165, 1.54) is 5.56 Å². The van der Waals surface area contributed by atoms with Gasteiger partial charge in [0.2, 0.25) is 11.8 Å². The van der Waals surface area contributed by atoms with Crippen molar-refractivity contribution >= 4 is 28.8 Å². The lowest BCUT2D eigenvalue weighted by Crippen LogP contribution is -2.48. The monoisotopic (exact) mass is 314 g/mol. The van der Waals surface area contributed by atoms with Gasteiger partial charge in [0, 0.05) is 18.7 Å². The van der Waals surface area contributed by atoms with Crippen LogP contribution in [-0.2, 0) is 9.59 Å². The molecule has 1 aliphatic heterocycles. The Labute approximate surface area is 133 Å². The van der Waals surface area contributed by atoms with Crippen molar-refractivity contribution in [2.45, 2.75) is 19.8 Å². The number of piperidine rings is 1. The second-order valence-electron chi connectivity index (χ2n) is 5.88. The van der Waals surface area contributed by atoms with E-state index >= 15 is 0 Å². The summed E-state index contributed by atoms with van der Waals surface area (Å²) in [4.78, 5) is 23.7. The van der Waals surface area contributed by atoms with E-state index in [1.807, 2.05) is 36.6 Å². The second kappa shape index (κ2) is 5.93. The number of carbonyl (C=O) groups excluding carboxylic acids is 2. The normalized spacial score (nSPS) is 21.2. The van der Waals surface area contributed by atoms with Gasteiger partial charge in [0.1, 0.15) is 0 Å². The number of thiophene rings is 1. The Bertz CT molecular complexity index is 667. The van der Waals surface area contributed by atoms with Gasteiger partial charge in [0.15, 0.2) is 0 Å². The van der Waals surface area contributed by atoms with Crippen molar-refractivity contribution in [3.63, 3.8) is 0 Å². The highest BCUT2D eigenvalue weighted by atomic mass is 32.1. The minimum atomic E-state index is -0.542. The zero-order chi connectivity index (χ0) is 15.6. The van der Waals surface area contributed by atoms with Gasteiger partial charge in [0.25, 0.3) is 0 Å². The maximum absolute atomic E-state index is 12.4. The highest BCUT2D eigenvalue weighted by Crippen LogP contribution is 2.28. The number of anilines is 1. The quantitative estimate of drug-likeness (QED) is 0.913. The van der Waals surface area contributed by atoms with Crippen LogP contribution < -0.4 is 10.6 Å². The number of hydrogen-bond donors (Lipinski definition) is 2. The smallest absolute Gasteiger partial charge is 0.232 e. The Morgan fingerprint density at radius 2 is 2.00 bits per heavy atom. The molecule has 4 nitrogen and oxygen atoms in total. The van der Waals surface area contributed by atoms with Crippen LogP contribution in [-0.4, -0.2) is 18.4 Å². The average molecular weight is 314 g/mol. The van der Waals surface area contributed by atoms with E-state index in [2.05, 4.69) is 22.1 Å². The van der Waals surface area contributed by atoms with Crippen LogP contribution in [0.15, 0.2) is 41.1 Å². The molecule has 3 rings (SSSR count). The number of amides is 2. The van der Waals surface area contributed by atoms with Crippen molar-refractivity contribution in [2.24, 2.45) is 5.41 Å². The number of nitrogens with one attached hydrogen (secondary N) is 2. The largest absolute Gasteiger partial charge is 0.355 e. The molecular weight excluding hydrogens is 296 g/mol. The fourth-order valence-corrected chi connectivity index (χ4v) is 3.18. The Morgan fingerprint density at radius 3 is 2.59 bits per heavy atom. The van der Waals surface area contributed by atoms with Crippen molar-refractivity contribution in [1.82, 2.24) is 5.32 Å². The van der Waals surface area contributed by atoms with Gasteiger partial charge in [0.05, 0.1) is 5.41 Å². The predicted octanol–water partition coefficient (Wildman–Crippen LogP) is 3.27. The predicted molar refractivity (Wildman–Crippen MR) is 88.7 cm³/mol. The summed E-state index contributed by atoms with van der Waals surface area (Å²) in [6.45, 7) is 2.28. The van der Waals surface area contributed by atoms with Gasteiger partial charge in [-0.3, -0.25) is 9.59 Å². The van der Waals surface area contributed by atoms with Crippen molar-refractivity contribution in [2.75, 3.05) is 11.9 Å². The van der Waals surface area contributed by atoms with E-state index in [9.17, 15) is 9.59 Å². The molecule has 0 saturated carbocycles. The highest BCUT2D eigenvalue weighted by Gasteiger charge is 2.37. The van der Waals surface area contributed by atoms with Crippen molar-refractivity contribution in [3.05, 3.63) is 41.1 Å². The average Bonchev–Trinajstić information content (AvgIpc) is 3.05. The van der Waals surface area contributed by atoms with Crippen LogP contribution >= 0.6 is 11.3 Å². The van der Waals surface area contributed by atoms with E-state index < -0.39 is 5.41 Å². The van der Waals surface area contributed by atoms with Crippen molar-refractivity contribution < 1.29 is 9.59 Å². The Morgan fingerprint density at radius 1 is 1.23 bits per heavy atom. The van der Waals surface area contributed by atoms with Gasteiger partial charge >= 0.3 is 0 Å². The van der Waals surface area contributed by atoms with E-state index in [-0.39, 0.29) is 11.8 Å². The molecule has 114 valence electrons. The topological polar surface area (TPSA) is 58.2 Å². The first kappa shape index (κ1) is 14.8. The van der Waals surface area contributed by atoms with Gasteiger partial charge in [-0.1, -0.05) is 12.1 Å². The second-order valence-corrected chi connectivity index (χ2v) is 6.66. The zero-order valence-electron chi connectivity index (χ0n) is 12.4. The van der Waals surface area contributed by atoms with E-state index in [4.69, 9.17) is 0 Å². The van der Waals surface area contributed by atoms with Gasteiger partial charge in [-0.2, -0.15) is 11.3 Å². The molecule has 1 atom stereocenters. The number of hydrogen-bond acceptors (Lipinski definition) is 3. The fourth-order valence-electron chi connectivity index (χ4n) is 2.51. The molecule has 2 amide bonds. The number of carbonyl (C=O) groups is 2. The van der Waals surface area contributed by atoms with Crippen LogP contribution in [0.2, 0.25) is 0 Å². The molecule has 0 spiro atoms. The van der Waals surface area contributed by atoms with Crippen molar-refractivity contribution in [3.8, 4) is 11.1 Å². The molecule has 0 bridgehead atoms. The van der Waals surface area contributed by atoms with Gasteiger partial charge in [-0.15, -0.1) is 0 Å². The molecular formula is C17H18N2O2S. The fraction of sp³-hybridized carbons (Fsp3) is 0.294. The molecule has 2 N–H and O–H groups in total. The van der Waals surface area contributed by atoms with Crippen LogP contribution in [0.3, 0.4) is 0 Å². The van der Waals surface area contributed by atoms with Crippen LogP contribution in [0.4, 0.5) is 5.69 Å². The molecule has 1 fully saturated rings. The van der Waals surface area contributed by atoms with Gasteiger partial charge in [-0.05, 0) is 53.4 Å². The third-order valence-electron chi connectivity index (χ3n) is 4.13. The maximum Gasteiger partial charge on any atom is 0.232 e. The Hall–Kier alpha value is -2.14. The maximum atomic E-state index is 12.4.